The van der Waals surface area contributed by atoms with Crippen LogP contribution in [-0.2, 0) is 4.79 Å². The Hall–Kier alpha value is -1.26. The van der Waals surface area contributed by atoms with Gasteiger partial charge in [-0.15, -0.1) is 0 Å². The Morgan fingerprint density at radius 2 is 1.72 bits per heavy atom. The van der Waals surface area contributed by atoms with E-state index in [1.807, 2.05) is 0 Å². The van der Waals surface area contributed by atoms with Gasteiger partial charge in [-0.05, 0) is 32.0 Å². The molecular weight excluding hydrogens is 275 g/mol. The fourth-order valence-corrected chi connectivity index (χ4v) is 2.40. The van der Waals surface area contributed by atoms with Gasteiger partial charge in [0.05, 0.1) is 12.1 Å². The fraction of sp³-hybridized carbons (Fsp3) is 0.333. The Bertz CT molecular complexity index is 489. The number of carbonyl (C=O) groups excluding carboxylic acids is 2. The maximum Gasteiger partial charge on any atom is 0.329 e. The number of anilines is 1. The van der Waals surface area contributed by atoms with Crippen molar-refractivity contribution in [1.29, 1.82) is 0 Å². The monoisotopic (exact) mass is 286 g/mol. The number of amides is 3. The van der Waals surface area contributed by atoms with Gasteiger partial charge in [-0.2, -0.15) is 0 Å². The molecule has 1 saturated heterocycles. The molecule has 1 aromatic rings. The van der Waals surface area contributed by atoms with Crippen LogP contribution in [0.4, 0.5) is 10.5 Å². The van der Waals surface area contributed by atoms with Crippen molar-refractivity contribution in [2.75, 3.05) is 4.90 Å². The summed E-state index contributed by atoms with van der Waals surface area (Å²) in [7, 11) is 0. The second kappa shape index (κ2) is 4.44. The van der Waals surface area contributed by atoms with E-state index in [4.69, 9.17) is 23.2 Å². The highest BCUT2D eigenvalue weighted by atomic mass is 35.5. The number of benzene rings is 1. The maximum atomic E-state index is 12.0. The molecule has 18 heavy (non-hydrogen) atoms. The van der Waals surface area contributed by atoms with E-state index in [1.54, 1.807) is 19.9 Å². The Balaban J connectivity index is 2.39. The molecule has 0 atom stereocenters. The Morgan fingerprint density at radius 3 is 2.22 bits per heavy atom. The molecule has 2 rings (SSSR count). The van der Waals surface area contributed by atoms with Crippen LogP contribution in [0.2, 0.25) is 10.0 Å². The summed E-state index contributed by atoms with van der Waals surface area (Å²) in [4.78, 5) is 25.0. The maximum absolute atomic E-state index is 12.0. The highest BCUT2D eigenvalue weighted by Crippen LogP contribution is 2.29. The molecule has 0 saturated carbocycles. The third-order valence-corrected chi connectivity index (χ3v) is 3.03. The number of nitrogens with one attached hydrogen (secondary N) is 1. The van der Waals surface area contributed by atoms with E-state index in [2.05, 4.69) is 5.32 Å². The lowest BCUT2D eigenvalue weighted by atomic mass is 9.97. The van der Waals surface area contributed by atoms with Gasteiger partial charge in [0.25, 0.3) is 0 Å². The molecule has 1 aliphatic rings. The van der Waals surface area contributed by atoms with E-state index in [0.717, 1.165) is 4.90 Å². The van der Waals surface area contributed by atoms with Gasteiger partial charge < -0.3 is 5.32 Å². The minimum Gasteiger partial charge on any atom is -0.332 e. The van der Waals surface area contributed by atoms with E-state index in [0.29, 0.717) is 15.7 Å². The molecule has 1 aliphatic heterocycles. The summed E-state index contributed by atoms with van der Waals surface area (Å²) in [5, 5.41) is 3.51. The number of imide groups is 1. The van der Waals surface area contributed by atoms with Crippen molar-refractivity contribution in [2.45, 2.75) is 25.8 Å². The van der Waals surface area contributed by atoms with Crippen LogP contribution < -0.4 is 10.2 Å². The Morgan fingerprint density at radius 1 is 1.17 bits per heavy atom. The number of urea groups is 1. The van der Waals surface area contributed by atoms with Gasteiger partial charge >= 0.3 is 6.03 Å². The topological polar surface area (TPSA) is 49.4 Å². The molecule has 1 aromatic carbocycles. The first-order chi connectivity index (χ1) is 8.28. The molecule has 1 N–H and O–H groups in total. The zero-order valence-corrected chi connectivity index (χ0v) is 11.5. The largest absolute Gasteiger partial charge is 0.332 e. The van der Waals surface area contributed by atoms with E-state index in [9.17, 15) is 9.59 Å². The van der Waals surface area contributed by atoms with Crippen molar-refractivity contribution in [1.82, 2.24) is 5.32 Å². The molecule has 1 heterocycles. The fourth-order valence-electron chi connectivity index (χ4n) is 1.89. The molecule has 4 nitrogen and oxygen atoms in total. The summed E-state index contributed by atoms with van der Waals surface area (Å²) in [6, 6.07) is 4.14. The van der Waals surface area contributed by atoms with Crippen molar-refractivity contribution in [2.24, 2.45) is 0 Å². The number of hydrogen-bond acceptors (Lipinski definition) is 2. The van der Waals surface area contributed by atoms with Gasteiger partial charge in [0.2, 0.25) is 5.91 Å². The Kier molecular flexibility index (Phi) is 3.25. The second-order valence-corrected chi connectivity index (χ2v) is 5.72. The van der Waals surface area contributed by atoms with Crippen molar-refractivity contribution in [3.63, 3.8) is 0 Å². The number of nitrogens with zero attached hydrogens (tertiary/aromatic N) is 1. The lowest BCUT2D eigenvalue weighted by Crippen LogP contribution is -2.59. The quantitative estimate of drug-likeness (QED) is 0.862. The van der Waals surface area contributed by atoms with Crippen LogP contribution in [0.25, 0.3) is 0 Å². The molecule has 0 radical (unpaired) electrons. The van der Waals surface area contributed by atoms with E-state index >= 15 is 0 Å². The van der Waals surface area contributed by atoms with Crippen molar-refractivity contribution >= 4 is 40.8 Å². The third kappa shape index (κ3) is 2.60. The van der Waals surface area contributed by atoms with Crippen molar-refractivity contribution in [3.05, 3.63) is 28.2 Å². The van der Waals surface area contributed by atoms with Gasteiger partial charge in [-0.3, -0.25) is 4.79 Å². The first-order valence-corrected chi connectivity index (χ1v) is 6.15. The molecule has 1 fully saturated rings. The van der Waals surface area contributed by atoms with Gasteiger partial charge in [0, 0.05) is 15.6 Å². The first-order valence-electron chi connectivity index (χ1n) is 5.40. The lowest BCUT2D eigenvalue weighted by molar-refractivity contribution is -0.119. The average Bonchev–Trinajstić information content (AvgIpc) is 2.11. The number of carbonyl (C=O) groups is 2. The van der Waals surface area contributed by atoms with Gasteiger partial charge in [-0.25, -0.2) is 9.69 Å². The SMILES string of the molecule is CC1(C)CC(=O)N(c2cc(Cl)cc(Cl)c2)C(=O)N1. The predicted molar refractivity (Wildman–Crippen MR) is 71.2 cm³/mol. The van der Waals surface area contributed by atoms with Crippen LogP contribution in [-0.4, -0.2) is 17.5 Å². The smallest absolute Gasteiger partial charge is 0.329 e. The summed E-state index contributed by atoms with van der Waals surface area (Å²) in [5.41, 5.74) is -0.155. The molecule has 0 bridgehead atoms. The minimum atomic E-state index is -0.535. The molecule has 0 aliphatic carbocycles. The molecule has 6 heteroatoms. The third-order valence-electron chi connectivity index (χ3n) is 2.60. The van der Waals surface area contributed by atoms with Gasteiger partial charge in [-0.1, -0.05) is 23.2 Å². The minimum absolute atomic E-state index is 0.225. The van der Waals surface area contributed by atoms with Crippen LogP contribution in [0.3, 0.4) is 0 Å². The van der Waals surface area contributed by atoms with Crippen LogP contribution >= 0.6 is 23.2 Å². The summed E-state index contributed by atoms with van der Waals surface area (Å²) < 4.78 is 0. The van der Waals surface area contributed by atoms with E-state index in [-0.39, 0.29) is 12.3 Å². The second-order valence-electron chi connectivity index (χ2n) is 4.85. The molecule has 96 valence electrons. The normalized spacial score (nSPS) is 18.8. The first kappa shape index (κ1) is 13.2. The molecule has 0 spiro atoms. The van der Waals surface area contributed by atoms with Crippen molar-refractivity contribution in [3.8, 4) is 0 Å². The Labute approximate surface area is 115 Å². The summed E-state index contributed by atoms with van der Waals surface area (Å²) >= 11 is 11.7. The molecule has 3 amide bonds. The highest BCUT2D eigenvalue weighted by molar-refractivity contribution is 6.35. The number of hydrogen-bond donors (Lipinski definition) is 1. The summed E-state index contributed by atoms with van der Waals surface area (Å²) in [5.74, 6) is -0.276. The van der Waals surface area contributed by atoms with Crippen LogP contribution in [0.1, 0.15) is 20.3 Å². The van der Waals surface area contributed by atoms with Crippen LogP contribution in [0.5, 0.6) is 0 Å². The number of halogens is 2. The van der Waals surface area contributed by atoms with E-state index in [1.165, 1.54) is 12.1 Å². The zero-order valence-electron chi connectivity index (χ0n) is 9.96. The van der Waals surface area contributed by atoms with Gasteiger partial charge in [0.1, 0.15) is 0 Å². The highest BCUT2D eigenvalue weighted by Gasteiger charge is 2.37. The van der Waals surface area contributed by atoms with Crippen LogP contribution in [0.15, 0.2) is 18.2 Å². The average molecular weight is 287 g/mol. The summed E-state index contributed by atoms with van der Waals surface area (Å²) in [6.45, 7) is 3.59. The summed E-state index contributed by atoms with van der Waals surface area (Å²) in [6.07, 6.45) is 0.225. The van der Waals surface area contributed by atoms with Crippen molar-refractivity contribution < 1.29 is 9.59 Å². The zero-order chi connectivity index (χ0) is 13.5. The van der Waals surface area contributed by atoms with E-state index < -0.39 is 11.6 Å². The van der Waals surface area contributed by atoms with Crippen LogP contribution in [0, 0.1) is 0 Å². The van der Waals surface area contributed by atoms with Gasteiger partial charge in [0.15, 0.2) is 0 Å². The number of rotatable bonds is 1. The molecule has 0 unspecified atom stereocenters. The molecule has 0 aromatic heterocycles. The lowest BCUT2D eigenvalue weighted by Gasteiger charge is -2.36. The standard InChI is InChI=1S/C12H12Cl2N2O2/c1-12(2)6-10(17)16(11(18)15-12)9-4-7(13)3-8(14)5-9/h3-5H,6H2,1-2H3,(H,15,18). The molecular formula is C12H12Cl2N2O2. The predicted octanol–water partition coefficient (Wildman–Crippen LogP) is 3.22.